The van der Waals surface area contributed by atoms with Crippen LogP contribution in [0.4, 0.5) is 5.69 Å². The smallest absolute Gasteiger partial charge is 0.226 e. The summed E-state index contributed by atoms with van der Waals surface area (Å²) < 4.78 is 0. The first kappa shape index (κ1) is 26.4. The second-order valence-corrected chi connectivity index (χ2v) is 8.30. The van der Waals surface area contributed by atoms with Gasteiger partial charge in [0.2, 0.25) is 5.91 Å². The molecule has 0 aromatic heterocycles. The Labute approximate surface area is 213 Å². The summed E-state index contributed by atoms with van der Waals surface area (Å²) in [5, 5.41) is 10.3. The van der Waals surface area contributed by atoms with Crippen LogP contribution in [0.2, 0.25) is 5.02 Å². The number of benzene rings is 2. The number of anilines is 1. The molecule has 0 bridgehead atoms. The van der Waals surface area contributed by atoms with Crippen molar-refractivity contribution < 1.29 is 4.79 Å². The van der Waals surface area contributed by atoms with Gasteiger partial charge in [0, 0.05) is 56.4 Å². The molecule has 1 fully saturated rings. The number of carbonyl (C=O) groups is 1. The van der Waals surface area contributed by atoms with Crippen molar-refractivity contribution in [3.05, 3.63) is 64.7 Å². The first-order valence-electron chi connectivity index (χ1n) is 10.8. The molecule has 32 heavy (non-hydrogen) atoms. The molecule has 1 aliphatic heterocycles. The molecule has 3 rings (SSSR count). The summed E-state index contributed by atoms with van der Waals surface area (Å²) in [5.41, 5.74) is 2.99. The van der Waals surface area contributed by atoms with Crippen molar-refractivity contribution in [1.29, 1.82) is 0 Å². The van der Waals surface area contributed by atoms with E-state index in [1.165, 1.54) is 5.56 Å². The minimum atomic E-state index is -0.0532. The zero-order valence-corrected chi connectivity index (χ0v) is 21.8. The van der Waals surface area contributed by atoms with Gasteiger partial charge >= 0.3 is 0 Å². The molecule has 8 heteroatoms. The normalized spacial score (nSPS) is 15.0. The maximum atomic E-state index is 12.3. The molecule has 2 aromatic carbocycles. The van der Waals surface area contributed by atoms with Gasteiger partial charge in [0.05, 0.1) is 0 Å². The van der Waals surface area contributed by atoms with Gasteiger partial charge in [-0.15, -0.1) is 24.0 Å². The molecule has 0 radical (unpaired) electrons. The summed E-state index contributed by atoms with van der Waals surface area (Å²) in [4.78, 5) is 19.1. The quantitative estimate of drug-likeness (QED) is 0.262. The van der Waals surface area contributed by atoms with E-state index in [9.17, 15) is 4.79 Å². The first-order chi connectivity index (χ1) is 15.0. The van der Waals surface area contributed by atoms with Crippen LogP contribution < -0.4 is 16.0 Å². The number of hydrogen-bond donors (Lipinski definition) is 3. The molecule has 174 valence electrons. The third-order valence-corrected chi connectivity index (χ3v) is 6.00. The van der Waals surface area contributed by atoms with Gasteiger partial charge < -0.3 is 16.0 Å². The van der Waals surface area contributed by atoms with E-state index in [0.717, 1.165) is 49.7 Å². The molecule has 6 nitrogen and oxygen atoms in total. The van der Waals surface area contributed by atoms with Gasteiger partial charge in [-0.3, -0.25) is 14.7 Å². The van der Waals surface area contributed by atoms with Gasteiger partial charge in [0.1, 0.15) is 0 Å². The van der Waals surface area contributed by atoms with Crippen LogP contribution in [0.25, 0.3) is 0 Å². The molecule has 1 aliphatic rings. The number of hydrogen-bond acceptors (Lipinski definition) is 3. The van der Waals surface area contributed by atoms with E-state index < -0.39 is 0 Å². The number of likely N-dealkylation sites (tertiary alicyclic amines) is 1. The van der Waals surface area contributed by atoms with Crippen LogP contribution >= 0.6 is 35.6 Å². The van der Waals surface area contributed by atoms with Crippen molar-refractivity contribution in [2.45, 2.75) is 38.8 Å². The predicted molar refractivity (Wildman–Crippen MR) is 144 cm³/mol. The van der Waals surface area contributed by atoms with Crippen LogP contribution in [0, 0.1) is 6.92 Å². The van der Waals surface area contributed by atoms with Crippen LogP contribution in [-0.4, -0.2) is 49.5 Å². The van der Waals surface area contributed by atoms with Crippen LogP contribution in [0.15, 0.2) is 53.5 Å². The number of amides is 1. The van der Waals surface area contributed by atoms with Gasteiger partial charge in [-0.05, 0) is 43.0 Å². The van der Waals surface area contributed by atoms with E-state index in [-0.39, 0.29) is 29.9 Å². The predicted octanol–water partition coefficient (Wildman–Crippen LogP) is 4.42. The van der Waals surface area contributed by atoms with Crippen molar-refractivity contribution in [1.82, 2.24) is 15.5 Å². The van der Waals surface area contributed by atoms with E-state index >= 15 is 0 Å². The lowest BCUT2D eigenvalue weighted by Gasteiger charge is -2.33. The van der Waals surface area contributed by atoms with Crippen molar-refractivity contribution in [2.24, 2.45) is 4.99 Å². The molecular formula is C24H33ClIN5O. The topological polar surface area (TPSA) is 68.8 Å². The number of piperidine rings is 1. The highest BCUT2D eigenvalue weighted by Gasteiger charge is 2.20. The third-order valence-electron chi connectivity index (χ3n) is 5.59. The highest BCUT2D eigenvalue weighted by Crippen LogP contribution is 2.22. The maximum Gasteiger partial charge on any atom is 0.226 e. The average Bonchev–Trinajstić information content (AvgIpc) is 2.78. The molecule has 0 unspecified atom stereocenters. The van der Waals surface area contributed by atoms with Gasteiger partial charge in [0.15, 0.2) is 5.96 Å². The summed E-state index contributed by atoms with van der Waals surface area (Å²) in [5.74, 6) is 0.691. The number of aliphatic imine (C=N–C) groups is 1. The molecule has 0 atom stereocenters. The van der Waals surface area contributed by atoms with Crippen molar-refractivity contribution in [3.63, 3.8) is 0 Å². The number of carbonyl (C=O) groups excluding carboxylic acids is 1. The molecule has 3 N–H and O–H groups in total. The van der Waals surface area contributed by atoms with E-state index in [4.69, 9.17) is 11.6 Å². The molecule has 0 saturated carbocycles. The zero-order chi connectivity index (χ0) is 22.1. The Kier molecular flexibility index (Phi) is 11.3. The van der Waals surface area contributed by atoms with Crippen LogP contribution in [-0.2, 0) is 11.3 Å². The number of rotatable bonds is 7. The highest BCUT2D eigenvalue weighted by atomic mass is 127. The largest absolute Gasteiger partial charge is 0.356 e. The van der Waals surface area contributed by atoms with E-state index in [1.807, 2.05) is 25.1 Å². The summed E-state index contributed by atoms with van der Waals surface area (Å²) in [7, 11) is 1.76. The Hall–Kier alpha value is -1.84. The minimum Gasteiger partial charge on any atom is -0.356 e. The molecule has 0 aliphatic carbocycles. The third kappa shape index (κ3) is 8.26. The standard InChI is InChI=1S/C24H32ClN5O.HI/c1-18-21(25)9-6-10-22(18)29-23(31)11-14-27-24(26-2)28-20-12-15-30(16-13-20)17-19-7-4-3-5-8-19;/h3-10,20H,11-17H2,1-2H3,(H,29,31)(H2,26,27,28);1H. The van der Waals surface area contributed by atoms with E-state index in [0.29, 0.717) is 24.0 Å². The fraction of sp³-hybridized carbons (Fsp3) is 0.417. The number of nitrogens with zero attached hydrogens (tertiary/aromatic N) is 2. The van der Waals surface area contributed by atoms with E-state index in [2.05, 4.69) is 56.2 Å². The molecule has 0 spiro atoms. The van der Waals surface area contributed by atoms with Gasteiger partial charge in [-0.1, -0.05) is 48.0 Å². The lowest BCUT2D eigenvalue weighted by molar-refractivity contribution is -0.116. The molecule has 1 amide bonds. The Morgan fingerprint density at radius 1 is 1.12 bits per heavy atom. The van der Waals surface area contributed by atoms with Gasteiger partial charge in [-0.2, -0.15) is 0 Å². The first-order valence-corrected chi connectivity index (χ1v) is 11.2. The van der Waals surface area contributed by atoms with Crippen LogP contribution in [0.3, 0.4) is 0 Å². The Bertz CT molecular complexity index is 885. The summed E-state index contributed by atoms with van der Waals surface area (Å²) >= 11 is 6.11. The lowest BCUT2D eigenvalue weighted by atomic mass is 10.0. The SMILES string of the molecule is CN=C(NCCC(=O)Nc1cccc(Cl)c1C)NC1CCN(Cc2ccccc2)CC1.I. The Morgan fingerprint density at radius 3 is 2.53 bits per heavy atom. The van der Waals surface area contributed by atoms with Crippen molar-refractivity contribution in [3.8, 4) is 0 Å². The lowest BCUT2D eigenvalue weighted by Crippen LogP contribution is -2.48. The maximum absolute atomic E-state index is 12.3. The van der Waals surface area contributed by atoms with Crippen molar-refractivity contribution >= 4 is 53.1 Å². The minimum absolute atomic E-state index is 0. The Morgan fingerprint density at radius 2 is 1.84 bits per heavy atom. The summed E-state index contributed by atoms with van der Waals surface area (Å²) in [6, 6.07) is 16.5. The fourth-order valence-corrected chi connectivity index (χ4v) is 3.89. The number of nitrogens with one attached hydrogen (secondary N) is 3. The highest BCUT2D eigenvalue weighted by molar-refractivity contribution is 14.0. The summed E-state index contributed by atoms with van der Waals surface area (Å²) in [6.07, 6.45) is 2.49. The van der Waals surface area contributed by atoms with Gasteiger partial charge in [-0.25, -0.2) is 0 Å². The molecule has 1 saturated heterocycles. The summed E-state index contributed by atoms with van der Waals surface area (Å²) in [6.45, 7) is 5.53. The average molecular weight is 570 g/mol. The molecule has 2 aromatic rings. The van der Waals surface area contributed by atoms with Crippen LogP contribution in [0.1, 0.15) is 30.4 Å². The number of halogens is 2. The zero-order valence-electron chi connectivity index (χ0n) is 18.7. The molecular weight excluding hydrogens is 537 g/mol. The number of guanidine groups is 1. The van der Waals surface area contributed by atoms with Crippen LogP contribution in [0.5, 0.6) is 0 Å². The monoisotopic (exact) mass is 569 g/mol. The van der Waals surface area contributed by atoms with E-state index in [1.54, 1.807) is 7.05 Å². The van der Waals surface area contributed by atoms with Gasteiger partial charge in [0.25, 0.3) is 0 Å². The fourth-order valence-electron chi connectivity index (χ4n) is 3.72. The second kappa shape index (κ2) is 13.6. The van der Waals surface area contributed by atoms with Crippen molar-refractivity contribution in [2.75, 3.05) is 32.0 Å². The molecule has 1 heterocycles. The second-order valence-electron chi connectivity index (χ2n) is 7.89. The Balaban J connectivity index is 0.00000363.